The maximum absolute atomic E-state index is 12.7. The summed E-state index contributed by atoms with van der Waals surface area (Å²) < 4.78 is 1.97. The first-order valence-electron chi connectivity index (χ1n) is 8.27. The van der Waals surface area contributed by atoms with Crippen molar-refractivity contribution in [2.75, 3.05) is 5.32 Å². The number of imidazole rings is 1. The molecule has 4 atom stereocenters. The highest BCUT2D eigenvalue weighted by atomic mass is 16.2. The Labute approximate surface area is 135 Å². The van der Waals surface area contributed by atoms with Crippen LogP contribution in [0.5, 0.6) is 0 Å². The number of aryl methyl sites for hydroxylation is 1. The van der Waals surface area contributed by atoms with E-state index in [2.05, 4.69) is 10.3 Å². The number of carbonyl (C=O) groups is 1. The van der Waals surface area contributed by atoms with Gasteiger partial charge in [0.1, 0.15) is 5.82 Å². The minimum absolute atomic E-state index is 0.0199. The molecule has 5 heteroatoms. The molecular formula is C18H22N4O. The Kier molecular flexibility index (Phi) is 3.45. The summed E-state index contributed by atoms with van der Waals surface area (Å²) in [6.07, 6.45) is 7.13. The van der Waals surface area contributed by atoms with Gasteiger partial charge in [0, 0.05) is 36.7 Å². The van der Waals surface area contributed by atoms with Crippen LogP contribution in [-0.4, -0.2) is 21.5 Å². The summed E-state index contributed by atoms with van der Waals surface area (Å²) in [6.45, 7) is 0. The second kappa shape index (κ2) is 5.49. The molecule has 0 aliphatic heterocycles. The summed E-state index contributed by atoms with van der Waals surface area (Å²) >= 11 is 0. The second-order valence-electron chi connectivity index (χ2n) is 6.87. The fourth-order valence-corrected chi connectivity index (χ4v) is 4.33. The molecule has 1 heterocycles. The molecule has 2 aliphatic carbocycles. The highest BCUT2D eigenvalue weighted by Gasteiger charge is 2.49. The number of hydrogen-bond acceptors (Lipinski definition) is 3. The van der Waals surface area contributed by atoms with Crippen molar-refractivity contribution in [1.29, 1.82) is 0 Å². The molecule has 2 bridgehead atoms. The quantitative estimate of drug-likeness (QED) is 0.914. The van der Waals surface area contributed by atoms with Crippen LogP contribution >= 0.6 is 0 Å². The maximum atomic E-state index is 12.7. The fourth-order valence-electron chi connectivity index (χ4n) is 4.33. The van der Waals surface area contributed by atoms with Crippen molar-refractivity contribution in [3.05, 3.63) is 36.7 Å². The molecule has 0 radical (unpaired) electrons. The van der Waals surface area contributed by atoms with E-state index in [0.29, 0.717) is 11.8 Å². The molecule has 5 nitrogen and oxygen atoms in total. The summed E-state index contributed by atoms with van der Waals surface area (Å²) in [7, 11) is 1.96. The van der Waals surface area contributed by atoms with Gasteiger partial charge in [-0.15, -0.1) is 0 Å². The van der Waals surface area contributed by atoms with Gasteiger partial charge in [0.25, 0.3) is 0 Å². The summed E-state index contributed by atoms with van der Waals surface area (Å²) in [5.74, 6) is 1.92. The Hall–Kier alpha value is -2.14. The zero-order valence-electron chi connectivity index (χ0n) is 13.3. The number of carbonyl (C=O) groups excluding carboxylic acids is 1. The number of aromatic nitrogens is 2. The molecule has 4 unspecified atom stereocenters. The van der Waals surface area contributed by atoms with Gasteiger partial charge < -0.3 is 15.6 Å². The molecule has 4 rings (SSSR count). The molecule has 2 fully saturated rings. The first-order valence-corrected chi connectivity index (χ1v) is 8.27. The molecule has 1 amide bonds. The van der Waals surface area contributed by atoms with E-state index < -0.39 is 0 Å². The standard InChI is InChI=1S/C18H22N4O/c1-22-8-7-20-17(22)13-3-2-4-14(10-13)21-18(23)15-11-5-6-12(9-11)16(15)19/h2-4,7-8,10-12,15-16H,5-6,9,19H2,1H3,(H,21,23). The van der Waals surface area contributed by atoms with Crippen molar-refractivity contribution in [1.82, 2.24) is 9.55 Å². The average molecular weight is 310 g/mol. The number of nitrogens with zero attached hydrogens (tertiary/aromatic N) is 2. The number of benzene rings is 1. The maximum Gasteiger partial charge on any atom is 0.229 e. The van der Waals surface area contributed by atoms with Crippen LogP contribution < -0.4 is 11.1 Å². The van der Waals surface area contributed by atoms with Crippen LogP contribution in [0.1, 0.15) is 19.3 Å². The number of anilines is 1. The van der Waals surface area contributed by atoms with Gasteiger partial charge in [-0.25, -0.2) is 4.98 Å². The topological polar surface area (TPSA) is 72.9 Å². The Morgan fingerprint density at radius 2 is 2.17 bits per heavy atom. The second-order valence-corrected chi connectivity index (χ2v) is 6.87. The zero-order chi connectivity index (χ0) is 16.0. The van der Waals surface area contributed by atoms with E-state index in [0.717, 1.165) is 29.9 Å². The monoisotopic (exact) mass is 310 g/mol. The average Bonchev–Trinajstić information content (AvgIpc) is 3.23. The molecule has 3 N–H and O–H groups in total. The highest BCUT2D eigenvalue weighted by molar-refractivity contribution is 5.94. The van der Waals surface area contributed by atoms with E-state index in [9.17, 15) is 4.79 Å². The van der Waals surface area contributed by atoms with Crippen LogP contribution in [0.25, 0.3) is 11.4 Å². The Balaban J connectivity index is 1.53. The molecule has 0 spiro atoms. The van der Waals surface area contributed by atoms with Crippen LogP contribution in [0.4, 0.5) is 5.69 Å². The fraction of sp³-hybridized carbons (Fsp3) is 0.444. The van der Waals surface area contributed by atoms with Gasteiger partial charge in [-0.1, -0.05) is 12.1 Å². The summed E-state index contributed by atoms with van der Waals surface area (Å²) in [6, 6.07) is 7.86. The van der Waals surface area contributed by atoms with Gasteiger partial charge in [0.2, 0.25) is 5.91 Å². The molecule has 2 saturated carbocycles. The van der Waals surface area contributed by atoms with Crippen molar-refractivity contribution < 1.29 is 4.79 Å². The molecular weight excluding hydrogens is 288 g/mol. The van der Waals surface area contributed by atoms with Crippen LogP contribution in [0.15, 0.2) is 36.7 Å². The molecule has 1 aromatic heterocycles. The van der Waals surface area contributed by atoms with Crippen molar-refractivity contribution in [2.24, 2.45) is 30.5 Å². The SMILES string of the molecule is Cn1ccnc1-c1cccc(NC(=O)C2C3CCC(C3)C2N)c1. The van der Waals surface area contributed by atoms with E-state index in [4.69, 9.17) is 5.73 Å². The molecule has 1 aromatic carbocycles. The zero-order valence-corrected chi connectivity index (χ0v) is 13.3. The summed E-state index contributed by atoms with van der Waals surface area (Å²) in [5, 5.41) is 3.06. The van der Waals surface area contributed by atoms with E-state index in [1.54, 1.807) is 6.20 Å². The predicted octanol–water partition coefficient (Wildman–Crippen LogP) is 2.40. The molecule has 2 aliphatic rings. The van der Waals surface area contributed by atoms with E-state index in [1.807, 2.05) is 42.1 Å². The lowest BCUT2D eigenvalue weighted by molar-refractivity contribution is -0.121. The van der Waals surface area contributed by atoms with Gasteiger partial charge in [-0.2, -0.15) is 0 Å². The number of nitrogens with two attached hydrogens (primary N) is 1. The lowest BCUT2D eigenvalue weighted by Crippen LogP contribution is -2.42. The third kappa shape index (κ3) is 2.45. The number of fused-ring (bicyclic) bond motifs is 2. The van der Waals surface area contributed by atoms with Crippen molar-refractivity contribution in [3.63, 3.8) is 0 Å². The van der Waals surface area contributed by atoms with Gasteiger partial charge >= 0.3 is 0 Å². The normalized spacial score (nSPS) is 29.0. The van der Waals surface area contributed by atoms with E-state index in [-0.39, 0.29) is 17.9 Å². The van der Waals surface area contributed by atoms with E-state index >= 15 is 0 Å². The van der Waals surface area contributed by atoms with Gasteiger partial charge in [-0.3, -0.25) is 4.79 Å². The van der Waals surface area contributed by atoms with Crippen molar-refractivity contribution in [3.8, 4) is 11.4 Å². The lowest BCUT2D eigenvalue weighted by Gasteiger charge is -2.27. The number of nitrogens with one attached hydrogen (secondary N) is 1. The Bertz CT molecular complexity index is 736. The predicted molar refractivity (Wildman–Crippen MR) is 89.6 cm³/mol. The Morgan fingerprint density at radius 1 is 1.35 bits per heavy atom. The third-order valence-electron chi connectivity index (χ3n) is 5.49. The third-order valence-corrected chi connectivity index (χ3v) is 5.49. The smallest absolute Gasteiger partial charge is 0.229 e. The van der Waals surface area contributed by atoms with Crippen LogP contribution in [0, 0.1) is 17.8 Å². The molecule has 23 heavy (non-hydrogen) atoms. The van der Waals surface area contributed by atoms with Gasteiger partial charge in [-0.05, 0) is 43.2 Å². The molecule has 2 aromatic rings. The number of hydrogen-bond donors (Lipinski definition) is 2. The number of rotatable bonds is 3. The van der Waals surface area contributed by atoms with Crippen molar-refractivity contribution >= 4 is 11.6 Å². The van der Waals surface area contributed by atoms with E-state index in [1.165, 1.54) is 6.42 Å². The Morgan fingerprint density at radius 3 is 2.87 bits per heavy atom. The first kappa shape index (κ1) is 14.5. The summed E-state index contributed by atoms with van der Waals surface area (Å²) in [4.78, 5) is 17.0. The van der Waals surface area contributed by atoms with Crippen LogP contribution in [-0.2, 0) is 11.8 Å². The van der Waals surface area contributed by atoms with Crippen LogP contribution in [0.3, 0.4) is 0 Å². The minimum atomic E-state index is -0.0365. The number of amides is 1. The first-order chi connectivity index (χ1) is 11.1. The highest BCUT2D eigenvalue weighted by Crippen LogP contribution is 2.47. The minimum Gasteiger partial charge on any atom is -0.334 e. The van der Waals surface area contributed by atoms with Gasteiger partial charge in [0.05, 0.1) is 5.92 Å². The summed E-state index contributed by atoms with van der Waals surface area (Å²) in [5.41, 5.74) is 8.08. The lowest BCUT2D eigenvalue weighted by atomic mass is 9.84. The van der Waals surface area contributed by atoms with Crippen molar-refractivity contribution in [2.45, 2.75) is 25.3 Å². The molecule has 120 valence electrons. The molecule has 0 saturated heterocycles. The van der Waals surface area contributed by atoms with Gasteiger partial charge in [0.15, 0.2) is 0 Å². The largest absolute Gasteiger partial charge is 0.334 e. The van der Waals surface area contributed by atoms with Crippen LogP contribution in [0.2, 0.25) is 0 Å².